The number of hydrogen-bond acceptors (Lipinski definition) is 6. The van der Waals surface area contributed by atoms with Gasteiger partial charge >= 0.3 is 12.1 Å². The highest BCUT2D eigenvalue weighted by atomic mass is 16.6. The maximum absolute atomic E-state index is 14.1. The van der Waals surface area contributed by atoms with Gasteiger partial charge in [0.2, 0.25) is 11.8 Å². The Kier molecular flexibility index (Phi) is 14.3. The normalized spacial score (nSPS) is 12.7. The fourth-order valence-corrected chi connectivity index (χ4v) is 4.04. The number of carbonyl (C=O) groups is 4. The van der Waals surface area contributed by atoms with Gasteiger partial charge in [-0.15, -0.1) is 0 Å². The van der Waals surface area contributed by atoms with E-state index < -0.39 is 41.6 Å². The van der Waals surface area contributed by atoms with E-state index in [1.54, 1.807) is 45.0 Å². The average Bonchev–Trinajstić information content (AvgIpc) is 2.87. The number of amides is 3. The van der Waals surface area contributed by atoms with Gasteiger partial charge in [0.15, 0.2) is 0 Å². The third kappa shape index (κ3) is 11.9. The van der Waals surface area contributed by atoms with Gasteiger partial charge < -0.3 is 25.0 Å². The smallest absolute Gasteiger partial charge is 0.408 e. The van der Waals surface area contributed by atoms with Gasteiger partial charge in [-0.3, -0.25) is 14.4 Å². The summed E-state index contributed by atoms with van der Waals surface area (Å²) in [6.45, 7) is 14.8. The quantitative estimate of drug-likeness (QED) is 0.237. The highest BCUT2D eigenvalue weighted by Gasteiger charge is 2.37. The largest absolute Gasteiger partial charge is 0.468 e. The fraction of sp³-hybridized carbons (Fsp3) is 0.600. The van der Waals surface area contributed by atoms with Crippen molar-refractivity contribution in [3.05, 3.63) is 42.0 Å². The van der Waals surface area contributed by atoms with Crippen molar-refractivity contribution in [1.29, 1.82) is 0 Å². The zero-order valence-electron chi connectivity index (χ0n) is 24.7. The molecule has 0 saturated heterocycles. The van der Waals surface area contributed by atoms with E-state index in [1.807, 2.05) is 19.9 Å². The second kappa shape index (κ2) is 16.6. The number of ether oxygens (including phenoxy) is 2. The zero-order chi connectivity index (χ0) is 29.6. The second-order valence-corrected chi connectivity index (χ2v) is 10.9. The third-order valence-electron chi connectivity index (χ3n) is 6.05. The molecule has 0 saturated carbocycles. The summed E-state index contributed by atoms with van der Waals surface area (Å²) in [4.78, 5) is 53.7. The summed E-state index contributed by atoms with van der Waals surface area (Å²) in [5, 5.41) is 5.33. The molecule has 1 aromatic rings. The van der Waals surface area contributed by atoms with Crippen LogP contribution in [0.25, 0.3) is 6.08 Å². The number of esters is 1. The number of carbonyl (C=O) groups excluding carboxylic acids is 4. The summed E-state index contributed by atoms with van der Waals surface area (Å²) in [5.74, 6) is -1.83. The number of hydrogen-bond donors (Lipinski definition) is 2. The van der Waals surface area contributed by atoms with E-state index in [2.05, 4.69) is 28.9 Å². The molecule has 0 radical (unpaired) electrons. The van der Waals surface area contributed by atoms with Crippen LogP contribution in [-0.4, -0.2) is 60.6 Å². The Bertz CT molecular complexity index is 970. The molecule has 1 rings (SSSR count). The molecule has 0 bridgehead atoms. The van der Waals surface area contributed by atoms with E-state index in [1.165, 1.54) is 12.0 Å². The van der Waals surface area contributed by atoms with E-state index in [9.17, 15) is 19.2 Å². The first-order valence-corrected chi connectivity index (χ1v) is 13.7. The molecular formula is C30H47N3O6. The molecule has 2 N–H and O–H groups in total. The van der Waals surface area contributed by atoms with Crippen LogP contribution in [0.15, 0.2) is 30.8 Å². The van der Waals surface area contributed by atoms with Gasteiger partial charge in [-0.05, 0) is 50.3 Å². The van der Waals surface area contributed by atoms with Gasteiger partial charge in [0.05, 0.1) is 7.11 Å². The Morgan fingerprint density at radius 3 is 2.31 bits per heavy atom. The highest BCUT2D eigenvalue weighted by molar-refractivity contribution is 5.93. The maximum atomic E-state index is 14.1. The van der Waals surface area contributed by atoms with Gasteiger partial charge in [0, 0.05) is 6.54 Å². The van der Waals surface area contributed by atoms with Crippen molar-refractivity contribution < 1.29 is 28.7 Å². The third-order valence-corrected chi connectivity index (χ3v) is 6.05. The Hall–Kier alpha value is -3.36. The summed E-state index contributed by atoms with van der Waals surface area (Å²) >= 11 is 0. The minimum atomic E-state index is -1.05. The predicted molar refractivity (Wildman–Crippen MR) is 153 cm³/mol. The van der Waals surface area contributed by atoms with Crippen LogP contribution in [0, 0.1) is 5.92 Å². The lowest BCUT2D eigenvalue weighted by Crippen LogP contribution is -2.55. The van der Waals surface area contributed by atoms with Crippen molar-refractivity contribution in [1.82, 2.24) is 15.5 Å². The molecular weight excluding hydrogens is 498 g/mol. The molecule has 0 aliphatic rings. The van der Waals surface area contributed by atoms with Crippen LogP contribution in [0.3, 0.4) is 0 Å². The SMILES string of the molecule is C=Cc1cccc(C(C(=O)NCC(=O)OC)N(CCCCCCC)C(=O)C(NC(=O)OC(C)(C)C)C(C)C)c1. The van der Waals surface area contributed by atoms with Crippen LogP contribution in [0.2, 0.25) is 0 Å². The van der Waals surface area contributed by atoms with Crippen LogP contribution in [-0.2, 0) is 23.9 Å². The number of rotatable bonds is 15. The molecule has 2 unspecified atom stereocenters. The molecule has 9 nitrogen and oxygen atoms in total. The molecule has 1 aromatic carbocycles. The molecule has 39 heavy (non-hydrogen) atoms. The number of nitrogens with zero attached hydrogens (tertiary/aromatic N) is 1. The van der Waals surface area contributed by atoms with Gasteiger partial charge in [-0.25, -0.2) is 4.79 Å². The number of alkyl carbamates (subject to hydrolysis) is 1. The number of benzene rings is 1. The molecule has 0 spiro atoms. The standard InChI is InChI=1S/C30H47N3O6/c1-9-11-12-13-14-18-33(28(36)25(21(3)4)32-29(37)39-30(5,6)7)26(27(35)31-20-24(34)38-8)23-17-15-16-22(10-2)19-23/h10,15-17,19,21,25-26H,2,9,11-14,18,20H2,1,3-8H3,(H,31,35)(H,32,37). The highest BCUT2D eigenvalue weighted by Crippen LogP contribution is 2.26. The average molecular weight is 546 g/mol. The van der Waals surface area contributed by atoms with Crippen LogP contribution < -0.4 is 10.6 Å². The first-order chi connectivity index (χ1) is 18.3. The Morgan fingerprint density at radius 1 is 1.08 bits per heavy atom. The summed E-state index contributed by atoms with van der Waals surface area (Å²) in [7, 11) is 1.24. The topological polar surface area (TPSA) is 114 Å². The van der Waals surface area contributed by atoms with Crippen molar-refractivity contribution in [2.75, 3.05) is 20.2 Å². The molecule has 9 heteroatoms. The molecule has 3 amide bonds. The van der Waals surface area contributed by atoms with Crippen molar-refractivity contribution in [3.63, 3.8) is 0 Å². The summed E-state index contributed by atoms with van der Waals surface area (Å²) in [6, 6.07) is 5.20. The maximum Gasteiger partial charge on any atom is 0.408 e. The zero-order valence-corrected chi connectivity index (χ0v) is 24.7. The van der Waals surface area contributed by atoms with Crippen molar-refractivity contribution in [3.8, 4) is 0 Å². The molecule has 218 valence electrons. The van der Waals surface area contributed by atoms with E-state index in [0.29, 0.717) is 12.0 Å². The molecule has 0 aliphatic carbocycles. The van der Waals surface area contributed by atoms with E-state index in [-0.39, 0.29) is 19.0 Å². The Balaban J connectivity index is 3.50. The van der Waals surface area contributed by atoms with Crippen molar-refractivity contribution in [2.24, 2.45) is 5.92 Å². The summed E-state index contributed by atoms with van der Waals surface area (Å²) < 4.78 is 10.1. The second-order valence-electron chi connectivity index (χ2n) is 10.9. The minimum Gasteiger partial charge on any atom is -0.468 e. The number of unbranched alkanes of at least 4 members (excludes halogenated alkanes) is 4. The molecule has 0 fully saturated rings. The van der Waals surface area contributed by atoms with E-state index >= 15 is 0 Å². The van der Waals surface area contributed by atoms with E-state index in [4.69, 9.17) is 4.74 Å². The van der Waals surface area contributed by atoms with Gasteiger partial charge in [-0.2, -0.15) is 0 Å². The van der Waals surface area contributed by atoms with Gasteiger partial charge in [0.1, 0.15) is 24.2 Å². The van der Waals surface area contributed by atoms with Crippen molar-refractivity contribution in [2.45, 2.75) is 91.3 Å². The van der Waals surface area contributed by atoms with Gasteiger partial charge in [0.25, 0.3) is 0 Å². The fourth-order valence-electron chi connectivity index (χ4n) is 4.04. The monoisotopic (exact) mass is 545 g/mol. The van der Waals surface area contributed by atoms with E-state index in [0.717, 1.165) is 31.2 Å². The van der Waals surface area contributed by atoms with Crippen LogP contribution in [0.1, 0.15) is 90.8 Å². The van der Waals surface area contributed by atoms with Crippen LogP contribution in [0.5, 0.6) is 0 Å². The number of nitrogens with one attached hydrogen (secondary N) is 2. The minimum absolute atomic E-state index is 0.286. The summed E-state index contributed by atoms with van der Waals surface area (Å²) in [6.07, 6.45) is 5.66. The first kappa shape index (κ1) is 33.7. The lowest BCUT2D eigenvalue weighted by Gasteiger charge is -2.35. The van der Waals surface area contributed by atoms with Crippen molar-refractivity contribution >= 4 is 30.0 Å². The molecule has 0 aliphatic heterocycles. The molecule has 0 heterocycles. The first-order valence-electron chi connectivity index (χ1n) is 13.7. The molecule has 0 aromatic heterocycles. The molecule has 2 atom stereocenters. The lowest BCUT2D eigenvalue weighted by molar-refractivity contribution is -0.145. The summed E-state index contributed by atoms with van der Waals surface area (Å²) in [5.41, 5.74) is 0.604. The Morgan fingerprint density at radius 2 is 1.74 bits per heavy atom. The van der Waals surface area contributed by atoms with Crippen LogP contribution in [0.4, 0.5) is 4.79 Å². The van der Waals surface area contributed by atoms with Gasteiger partial charge in [-0.1, -0.05) is 77.3 Å². The predicted octanol–water partition coefficient (Wildman–Crippen LogP) is 5.01. The van der Waals surface area contributed by atoms with Crippen LogP contribution >= 0.6 is 0 Å². The number of methoxy groups -OCH3 is 1. The Labute approximate surface area is 233 Å². The lowest BCUT2D eigenvalue weighted by atomic mass is 9.97.